The van der Waals surface area contributed by atoms with Crippen molar-refractivity contribution in [2.75, 3.05) is 54.4 Å². The number of rotatable bonds is 0. The molecular weight excluding hydrogens is 480 g/mol. The standard InChI is InChI=1S/C7H13NO.C6H11NO.C5H9NO.C4H7NO.4C2H6/c1-8-6-4-2-3-5-7(8)9;1-7-5-3-2-4-6(7)8;1-6-4-2-3-5(6)7;1-5-3-2-4(5)6;4*1-2/h2-6H2,1H3;2-5H2,1H3;2-4H2,1H3;2-3H2,1H3;4*1-2H3. The minimum atomic E-state index is 0.273. The van der Waals surface area contributed by atoms with Gasteiger partial charge in [0.2, 0.25) is 23.6 Å². The van der Waals surface area contributed by atoms with Gasteiger partial charge in [-0.25, -0.2) is 0 Å². The average Bonchev–Trinajstić information content (AvgIpc) is 3.25. The highest BCUT2D eigenvalue weighted by molar-refractivity contribution is 5.81. The Morgan fingerprint density at radius 1 is 0.342 bits per heavy atom. The van der Waals surface area contributed by atoms with Crippen molar-refractivity contribution in [2.24, 2.45) is 0 Å². The minimum absolute atomic E-state index is 0.273. The number of piperidine rings is 1. The first kappa shape index (κ1) is 43.0. The van der Waals surface area contributed by atoms with Crippen molar-refractivity contribution in [1.82, 2.24) is 19.6 Å². The van der Waals surface area contributed by atoms with E-state index in [9.17, 15) is 19.2 Å². The first-order chi connectivity index (χ1) is 18.2. The third-order valence-corrected chi connectivity index (χ3v) is 5.77. The average molecular weight is 545 g/mol. The molecule has 4 fully saturated rings. The fourth-order valence-electron chi connectivity index (χ4n) is 3.27. The van der Waals surface area contributed by atoms with Gasteiger partial charge < -0.3 is 19.6 Å². The van der Waals surface area contributed by atoms with Crippen LogP contribution in [0.25, 0.3) is 0 Å². The van der Waals surface area contributed by atoms with Crippen LogP contribution in [0.2, 0.25) is 0 Å². The van der Waals surface area contributed by atoms with Gasteiger partial charge in [-0.3, -0.25) is 19.2 Å². The summed E-state index contributed by atoms with van der Waals surface area (Å²) in [5.41, 5.74) is 0. The van der Waals surface area contributed by atoms with Crippen molar-refractivity contribution < 1.29 is 19.2 Å². The maximum atomic E-state index is 10.9. The molecule has 0 spiro atoms. The summed E-state index contributed by atoms with van der Waals surface area (Å²) >= 11 is 0. The van der Waals surface area contributed by atoms with Crippen LogP contribution < -0.4 is 0 Å². The smallest absolute Gasteiger partial charge is 0.224 e. The molecule has 4 amide bonds. The summed E-state index contributed by atoms with van der Waals surface area (Å²) in [7, 11) is 7.40. The molecule has 4 aliphatic heterocycles. The summed E-state index contributed by atoms with van der Waals surface area (Å²) in [6.07, 6.45) is 9.85. The van der Waals surface area contributed by atoms with Gasteiger partial charge in [0.05, 0.1) is 0 Å². The summed E-state index contributed by atoms with van der Waals surface area (Å²) in [6.45, 7) is 19.8. The predicted molar refractivity (Wildman–Crippen MR) is 162 cm³/mol. The molecule has 0 saturated carbocycles. The van der Waals surface area contributed by atoms with Gasteiger partial charge in [0.25, 0.3) is 0 Å². The van der Waals surface area contributed by atoms with Crippen molar-refractivity contribution in [3.8, 4) is 0 Å². The third kappa shape index (κ3) is 23.0. The molecule has 4 rings (SSSR count). The third-order valence-electron chi connectivity index (χ3n) is 5.77. The van der Waals surface area contributed by atoms with Crippen LogP contribution in [-0.4, -0.2) is 97.6 Å². The molecule has 0 aromatic carbocycles. The van der Waals surface area contributed by atoms with Gasteiger partial charge in [-0.1, -0.05) is 61.8 Å². The molecule has 0 bridgehead atoms. The second kappa shape index (κ2) is 31.1. The second-order valence-electron chi connectivity index (χ2n) is 8.38. The number of carbonyl (C=O) groups excluding carboxylic acids is 4. The Hall–Kier alpha value is -2.12. The summed E-state index contributed by atoms with van der Waals surface area (Å²) in [4.78, 5) is 49.4. The highest BCUT2D eigenvalue weighted by Gasteiger charge is 2.17. The summed E-state index contributed by atoms with van der Waals surface area (Å²) in [6, 6.07) is 0. The Bertz CT molecular complexity index is 585. The molecule has 4 aliphatic rings. The van der Waals surface area contributed by atoms with Gasteiger partial charge in [0.15, 0.2) is 0 Å². The van der Waals surface area contributed by atoms with Crippen LogP contribution in [0, 0.1) is 0 Å². The summed E-state index contributed by atoms with van der Waals surface area (Å²) in [5, 5.41) is 0. The molecule has 0 N–H and O–H groups in total. The Morgan fingerprint density at radius 2 is 0.605 bits per heavy atom. The first-order valence-corrected chi connectivity index (χ1v) is 15.2. The van der Waals surface area contributed by atoms with E-state index in [1.54, 1.807) is 14.7 Å². The fraction of sp³-hybridized carbons (Fsp3) is 0.867. The predicted octanol–water partition coefficient (Wildman–Crippen LogP) is 5.84. The number of likely N-dealkylation sites (tertiary alicyclic amines) is 4. The van der Waals surface area contributed by atoms with Crippen LogP contribution in [0.3, 0.4) is 0 Å². The van der Waals surface area contributed by atoms with E-state index in [0.29, 0.717) is 17.7 Å². The minimum Gasteiger partial charge on any atom is -0.346 e. The number of nitrogens with zero attached hydrogens (tertiary/aromatic N) is 4. The summed E-state index contributed by atoms with van der Waals surface area (Å²) < 4.78 is 0. The van der Waals surface area contributed by atoms with Crippen LogP contribution in [-0.2, 0) is 19.2 Å². The Kier molecular flexibility index (Phi) is 35.2. The number of carbonyl (C=O) groups is 4. The van der Waals surface area contributed by atoms with E-state index >= 15 is 0 Å². The normalized spacial score (nSPS) is 17.6. The maximum Gasteiger partial charge on any atom is 0.224 e. The molecule has 228 valence electrons. The lowest BCUT2D eigenvalue weighted by Gasteiger charge is -2.24. The van der Waals surface area contributed by atoms with Crippen LogP contribution in [0.5, 0.6) is 0 Å². The van der Waals surface area contributed by atoms with Gasteiger partial charge in [0.1, 0.15) is 0 Å². The quantitative estimate of drug-likeness (QED) is 0.359. The van der Waals surface area contributed by atoms with Gasteiger partial charge in [-0.2, -0.15) is 0 Å². The molecule has 0 radical (unpaired) electrons. The fourth-order valence-corrected chi connectivity index (χ4v) is 3.27. The van der Waals surface area contributed by atoms with Crippen LogP contribution in [0.4, 0.5) is 0 Å². The van der Waals surface area contributed by atoms with Crippen molar-refractivity contribution in [1.29, 1.82) is 0 Å². The van der Waals surface area contributed by atoms with Crippen LogP contribution >= 0.6 is 0 Å². The largest absolute Gasteiger partial charge is 0.346 e. The van der Waals surface area contributed by atoms with Crippen molar-refractivity contribution in [3.05, 3.63) is 0 Å². The van der Waals surface area contributed by atoms with Gasteiger partial charge in [-0.15, -0.1) is 0 Å². The van der Waals surface area contributed by atoms with Crippen LogP contribution in [0.15, 0.2) is 0 Å². The first-order valence-electron chi connectivity index (χ1n) is 15.2. The summed E-state index contributed by atoms with van der Waals surface area (Å²) in [5.74, 6) is 1.18. The zero-order valence-corrected chi connectivity index (χ0v) is 27.3. The molecule has 0 unspecified atom stereocenters. The molecular formula is C30H64N4O4. The number of hydrogen-bond acceptors (Lipinski definition) is 4. The molecule has 8 nitrogen and oxygen atoms in total. The lowest BCUT2D eigenvalue weighted by Crippen LogP contribution is -2.39. The number of hydrogen-bond donors (Lipinski definition) is 0. The zero-order valence-electron chi connectivity index (χ0n) is 27.3. The number of amides is 4. The van der Waals surface area contributed by atoms with Gasteiger partial charge >= 0.3 is 0 Å². The van der Waals surface area contributed by atoms with E-state index in [4.69, 9.17) is 0 Å². The topological polar surface area (TPSA) is 81.2 Å². The Morgan fingerprint density at radius 3 is 0.868 bits per heavy atom. The van der Waals surface area contributed by atoms with Crippen LogP contribution in [0.1, 0.15) is 120 Å². The van der Waals surface area contributed by atoms with E-state index in [0.717, 1.165) is 71.1 Å². The van der Waals surface area contributed by atoms with E-state index < -0.39 is 0 Å². The van der Waals surface area contributed by atoms with Crippen molar-refractivity contribution in [2.45, 2.75) is 120 Å². The molecule has 0 aromatic rings. The highest BCUT2D eigenvalue weighted by Crippen LogP contribution is 2.08. The second-order valence-corrected chi connectivity index (χ2v) is 8.38. The number of β-lactam (4-membered cyclic amide) rings is 1. The molecule has 0 aromatic heterocycles. The van der Waals surface area contributed by atoms with E-state index in [2.05, 4.69) is 0 Å². The Labute approximate surface area is 236 Å². The molecule has 4 heterocycles. The lowest BCUT2D eigenvalue weighted by atomic mass is 10.1. The molecule has 0 aliphatic carbocycles. The van der Waals surface area contributed by atoms with Gasteiger partial charge in [0, 0.05) is 80.1 Å². The monoisotopic (exact) mass is 544 g/mol. The molecule has 4 saturated heterocycles. The molecule has 38 heavy (non-hydrogen) atoms. The molecule has 0 atom stereocenters. The Balaban J connectivity index is -0.000000187. The van der Waals surface area contributed by atoms with E-state index in [1.807, 2.05) is 88.5 Å². The maximum absolute atomic E-state index is 10.9. The highest BCUT2D eigenvalue weighted by atomic mass is 16.2. The van der Waals surface area contributed by atoms with Gasteiger partial charge in [-0.05, 0) is 32.1 Å². The van der Waals surface area contributed by atoms with Crippen molar-refractivity contribution in [3.63, 3.8) is 0 Å². The van der Waals surface area contributed by atoms with E-state index in [-0.39, 0.29) is 5.91 Å². The molecule has 8 heteroatoms. The van der Waals surface area contributed by atoms with Crippen molar-refractivity contribution >= 4 is 23.6 Å². The SMILES string of the molecule is CC.CC.CC.CC.CN1CCC1=O.CN1CCCC1=O.CN1CCCCC1=O.CN1CCCCCC1=O. The van der Waals surface area contributed by atoms with E-state index in [1.165, 1.54) is 19.3 Å². The zero-order chi connectivity index (χ0) is 30.5. The lowest BCUT2D eigenvalue weighted by molar-refractivity contribution is -0.137.